The molecule has 2 aromatic carbocycles. The lowest BCUT2D eigenvalue weighted by atomic mass is 9.97. The van der Waals surface area contributed by atoms with Crippen molar-refractivity contribution in [3.63, 3.8) is 0 Å². The van der Waals surface area contributed by atoms with Crippen LogP contribution in [0, 0.1) is 5.92 Å². The first-order chi connectivity index (χ1) is 13.5. The summed E-state index contributed by atoms with van der Waals surface area (Å²) < 4.78 is 28.7. The minimum Gasteiger partial charge on any atom is -0.348 e. The van der Waals surface area contributed by atoms with Gasteiger partial charge in [-0.1, -0.05) is 47.2 Å². The monoisotopic (exact) mass is 435 g/mol. The van der Waals surface area contributed by atoms with Gasteiger partial charge in [0.1, 0.15) is 0 Å². The van der Waals surface area contributed by atoms with Gasteiger partial charge in [0.25, 0.3) is 0 Å². The molecule has 0 radical (unpaired) electrons. The highest BCUT2D eigenvalue weighted by atomic mass is 35.5. The summed E-state index contributed by atoms with van der Waals surface area (Å²) in [6, 6.07) is 15.1. The number of rotatable bonds is 6. The van der Waals surface area contributed by atoms with Gasteiger partial charge in [-0.05, 0) is 48.6 Å². The number of nitrogens with zero attached hydrogens (tertiary/aromatic N) is 2. The molecule has 0 aliphatic carbocycles. The summed E-state index contributed by atoms with van der Waals surface area (Å²) in [5, 5.41) is 1.66. The topological polar surface area (TPSA) is 62.3 Å². The molecule has 1 aliphatic heterocycles. The zero-order chi connectivity index (χ0) is 19.6. The van der Waals surface area contributed by atoms with E-state index in [-0.39, 0.29) is 5.75 Å². The van der Waals surface area contributed by atoms with Gasteiger partial charge in [0, 0.05) is 24.7 Å². The largest absolute Gasteiger partial charge is 0.348 e. The number of para-hydroxylation sites is 1. The van der Waals surface area contributed by atoms with Crippen LogP contribution in [0.15, 0.2) is 48.5 Å². The Morgan fingerprint density at radius 2 is 1.82 bits per heavy atom. The van der Waals surface area contributed by atoms with Crippen LogP contribution in [0.3, 0.4) is 0 Å². The summed E-state index contributed by atoms with van der Waals surface area (Å²) in [5.74, 6) is 0.333. The predicted molar refractivity (Wildman–Crippen MR) is 117 cm³/mol. The molecule has 0 bridgehead atoms. The van der Waals surface area contributed by atoms with Crippen molar-refractivity contribution in [3.05, 3.63) is 59.1 Å². The maximum absolute atomic E-state index is 12.3. The zero-order valence-corrected chi connectivity index (χ0v) is 17.7. The van der Waals surface area contributed by atoms with Gasteiger partial charge in [-0.2, -0.15) is 0 Å². The highest BCUT2D eigenvalue weighted by Crippen LogP contribution is 2.31. The Balaban J connectivity index is 1.28. The molecule has 1 N–H and O–H groups in total. The number of fused-ring (bicyclic) bond motifs is 1. The summed E-state index contributed by atoms with van der Waals surface area (Å²) >= 11 is 7.57. The number of halogens is 1. The summed E-state index contributed by atoms with van der Waals surface area (Å²) in [6.45, 7) is 2.30. The maximum Gasteiger partial charge on any atom is 0.215 e. The van der Waals surface area contributed by atoms with Gasteiger partial charge in [0.05, 0.1) is 16.0 Å². The molecular formula is C20H22ClN3O2S2. The molecule has 1 aliphatic rings. The van der Waals surface area contributed by atoms with E-state index < -0.39 is 10.0 Å². The lowest BCUT2D eigenvalue weighted by Gasteiger charge is -2.31. The Morgan fingerprint density at radius 1 is 1.11 bits per heavy atom. The van der Waals surface area contributed by atoms with Crippen molar-refractivity contribution < 1.29 is 8.42 Å². The Bertz CT molecular complexity index is 1010. The third-order valence-electron chi connectivity index (χ3n) is 5.03. The second-order valence-corrected chi connectivity index (χ2v) is 10.4. The van der Waals surface area contributed by atoms with Gasteiger partial charge in [0.2, 0.25) is 10.0 Å². The van der Waals surface area contributed by atoms with Crippen molar-refractivity contribution in [1.82, 2.24) is 9.71 Å². The van der Waals surface area contributed by atoms with E-state index in [1.54, 1.807) is 35.6 Å². The number of anilines is 1. The molecule has 8 heteroatoms. The number of hydrogen-bond donors (Lipinski definition) is 1. The first-order valence-electron chi connectivity index (χ1n) is 9.31. The first kappa shape index (κ1) is 19.6. The van der Waals surface area contributed by atoms with Gasteiger partial charge < -0.3 is 4.90 Å². The molecular weight excluding hydrogens is 414 g/mol. The van der Waals surface area contributed by atoms with E-state index in [4.69, 9.17) is 16.6 Å². The fraction of sp³-hybridized carbons (Fsp3) is 0.350. The van der Waals surface area contributed by atoms with Crippen LogP contribution >= 0.6 is 22.9 Å². The van der Waals surface area contributed by atoms with Crippen LogP contribution in [0.25, 0.3) is 10.2 Å². The minimum absolute atomic E-state index is 0.0191. The molecule has 3 aromatic rings. The standard InChI is InChI=1S/C20H22ClN3O2S2/c21-17-7-5-16(6-8-17)14-28(25,26)22-13-15-9-11-24(12-10-15)20-23-18-3-1-2-4-19(18)27-20/h1-8,15,22H,9-14H2. The van der Waals surface area contributed by atoms with Crippen molar-refractivity contribution in [2.24, 2.45) is 5.92 Å². The number of benzene rings is 2. The van der Waals surface area contributed by atoms with E-state index >= 15 is 0 Å². The molecule has 2 heterocycles. The molecule has 0 amide bonds. The van der Waals surface area contributed by atoms with Crippen LogP contribution in [0.5, 0.6) is 0 Å². The number of thiazole rings is 1. The van der Waals surface area contributed by atoms with Crippen LogP contribution < -0.4 is 9.62 Å². The van der Waals surface area contributed by atoms with Crippen molar-refractivity contribution in [1.29, 1.82) is 0 Å². The molecule has 1 saturated heterocycles. The highest BCUT2D eigenvalue weighted by molar-refractivity contribution is 7.88. The Kier molecular flexibility index (Phi) is 5.87. The van der Waals surface area contributed by atoms with Gasteiger partial charge in [-0.3, -0.25) is 0 Å². The third-order valence-corrected chi connectivity index (χ3v) is 7.70. The van der Waals surface area contributed by atoms with Crippen molar-refractivity contribution in [2.45, 2.75) is 18.6 Å². The van der Waals surface area contributed by atoms with Gasteiger partial charge >= 0.3 is 0 Å². The van der Waals surface area contributed by atoms with Gasteiger partial charge in [-0.25, -0.2) is 18.1 Å². The lowest BCUT2D eigenvalue weighted by Crippen LogP contribution is -2.38. The molecule has 148 valence electrons. The number of sulfonamides is 1. The van der Waals surface area contributed by atoms with Crippen LogP contribution in [0.4, 0.5) is 5.13 Å². The molecule has 4 rings (SSSR count). The third kappa shape index (κ3) is 4.84. The van der Waals surface area contributed by atoms with Gasteiger partial charge in [0.15, 0.2) is 5.13 Å². The quantitative estimate of drug-likeness (QED) is 0.627. The SMILES string of the molecule is O=S(=O)(Cc1ccc(Cl)cc1)NCC1CCN(c2nc3ccccc3s2)CC1. The van der Waals surface area contributed by atoms with Crippen LogP contribution in [-0.2, 0) is 15.8 Å². The fourth-order valence-electron chi connectivity index (χ4n) is 3.42. The molecule has 0 atom stereocenters. The predicted octanol–water partition coefficient (Wildman–Crippen LogP) is 4.29. The van der Waals surface area contributed by atoms with Crippen molar-refractivity contribution >= 4 is 48.3 Å². The van der Waals surface area contributed by atoms with E-state index in [0.29, 0.717) is 17.5 Å². The Labute approximate surface area is 174 Å². The molecule has 0 saturated carbocycles. The van der Waals surface area contributed by atoms with E-state index in [0.717, 1.165) is 42.1 Å². The van der Waals surface area contributed by atoms with Gasteiger partial charge in [-0.15, -0.1) is 0 Å². The highest BCUT2D eigenvalue weighted by Gasteiger charge is 2.23. The smallest absolute Gasteiger partial charge is 0.215 e. The molecule has 5 nitrogen and oxygen atoms in total. The normalized spacial score (nSPS) is 16.0. The number of hydrogen-bond acceptors (Lipinski definition) is 5. The van der Waals surface area contributed by atoms with Crippen molar-refractivity contribution in [2.75, 3.05) is 24.5 Å². The first-order valence-corrected chi connectivity index (χ1v) is 12.2. The fourth-order valence-corrected chi connectivity index (χ4v) is 5.79. The number of piperidine rings is 1. The second kappa shape index (κ2) is 8.37. The van der Waals surface area contributed by atoms with Crippen LogP contribution in [0.2, 0.25) is 5.02 Å². The molecule has 28 heavy (non-hydrogen) atoms. The summed E-state index contributed by atoms with van der Waals surface area (Å²) in [7, 11) is -3.35. The van der Waals surface area contributed by atoms with Crippen LogP contribution in [-0.4, -0.2) is 33.0 Å². The van der Waals surface area contributed by atoms with E-state index in [1.165, 1.54) is 4.70 Å². The van der Waals surface area contributed by atoms with E-state index in [2.05, 4.69) is 15.7 Å². The molecule has 1 fully saturated rings. The van der Waals surface area contributed by atoms with E-state index in [1.807, 2.05) is 18.2 Å². The van der Waals surface area contributed by atoms with Crippen LogP contribution in [0.1, 0.15) is 18.4 Å². The maximum atomic E-state index is 12.3. The minimum atomic E-state index is -3.35. The van der Waals surface area contributed by atoms with Crippen molar-refractivity contribution in [3.8, 4) is 0 Å². The lowest BCUT2D eigenvalue weighted by molar-refractivity contribution is 0.402. The number of nitrogens with one attached hydrogen (secondary N) is 1. The Hall–Kier alpha value is -1.67. The molecule has 1 aromatic heterocycles. The second-order valence-electron chi connectivity index (χ2n) is 7.13. The number of aromatic nitrogens is 1. The summed E-state index contributed by atoms with van der Waals surface area (Å²) in [6.07, 6.45) is 1.92. The van der Waals surface area contributed by atoms with E-state index in [9.17, 15) is 8.42 Å². The summed E-state index contributed by atoms with van der Waals surface area (Å²) in [4.78, 5) is 7.03. The Morgan fingerprint density at radius 3 is 2.54 bits per heavy atom. The zero-order valence-electron chi connectivity index (χ0n) is 15.3. The molecule has 0 unspecified atom stereocenters. The summed E-state index contributed by atoms with van der Waals surface area (Å²) in [5.41, 5.74) is 1.78. The average molecular weight is 436 g/mol. The molecule has 0 spiro atoms. The average Bonchev–Trinajstić information content (AvgIpc) is 3.13.